The number of nitrogens with one attached hydrogen (secondary N) is 1. The largest absolute Gasteiger partial charge is 0.465 e. The van der Waals surface area contributed by atoms with E-state index in [1.807, 2.05) is 47.0 Å². The van der Waals surface area contributed by atoms with Crippen LogP contribution < -0.4 is 5.56 Å². The van der Waals surface area contributed by atoms with Gasteiger partial charge >= 0.3 is 5.97 Å². The number of tetrazole rings is 1. The van der Waals surface area contributed by atoms with Crippen molar-refractivity contribution in [3.05, 3.63) is 118 Å². The molecule has 10 nitrogen and oxygen atoms in total. The number of esters is 1. The first-order valence-corrected chi connectivity index (χ1v) is 14.2. The highest BCUT2D eigenvalue weighted by atomic mass is 16.5. The summed E-state index contributed by atoms with van der Waals surface area (Å²) in [6.45, 7) is 2.88. The second-order valence-electron chi connectivity index (χ2n) is 10.3. The molecular formula is C33H31N7O3. The number of carbonyl (C=O) groups excluding carboxylic acids is 1. The number of benzene rings is 3. The minimum atomic E-state index is -0.430. The van der Waals surface area contributed by atoms with Crippen molar-refractivity contribution >= 4 is 17.0 Å². The van der Waals surface area contributed by atoms with Crippen molar-refractivity contribution < 1.29 is 9.53 Å². The Morgan fingerprint density at radius 3 is 2.44 bits per heavy atom. The van der Waals surface area contributed by atoms with Gasteiger partial charge in [0.15, 0.2) is 5.82 Å². The lowest BCUT2D eigenvalue weighted by Gasteiger charge is -2.13. The van der Waals surface area contributed by atoms with Gasteiger partial charge in [0, 0.05) is 24.7 Å². The molecule has 0 aliphatic rings. The van der Waals surface area contributed by atoms with E-state index < -0.39 is 5.97 Å². The van der Waals surface area contributed by atoms with Crippen LogP contribution in [0.5, 0.6) is 0 Å². The van der Waals surface area contributed by atoms with Gasteiger partial charge in [-0.2, -0.15) is 0 Å². The smallest absolute Gasteiger partial charge is 0.338 e. The van der Waals surface area contributed by atoms with Crippen LogP contribution in [0.1, 0.15) is 47.1 Å². The van der Waals surface area contributed by atoms with E-state index in [0.29, 0.717) is 34.5 Å². The van der Waals surface area contributed by atoms with Crippen LogP contribution >= 0.6 is 0 Å². The Bertz CT molecular complexity index is 1940. The van der Waals surface area contributed by atoms with E-state index in [0.717, 1.165) is 47.3 Å². The fourth-order valence-electron chi connectivity index (χ4n) is 5.38. The summed E-state index contributed by atoms with van der Waals surface area (Å²) in [6.07, 6.45) is 4.51. The Labute approximate surface area is 248 Å². The number of imidazole rings is 1. The van der Waals surface area contributed by atoms with Crippen LogP contribution in [0.15, 0.2) is 89.9 Å². The minimum Gasteiger partial charge on any atom is -0.465 e. The highest BCUT2D eigenvalue weighted by molar-refractivity contribution is 5.91. The fraction of sp³-hybridized carbons (Fsp3) is 0.212. The lowest BCUT2D eigenvalue weighted by molar-refractivity contribution is 0.0599. The Morgan fingerprint density at radius 1 is 0.930 bits per heavy atom. The molecule has 1 N–H and O–H groups in total. The molecule has 0 spiro atoms. The van der Waals surface area contributed by atoms with Crippen molar-refractivity contribution in [2.45, 2.75) is 39.3 Å². The van der Waals surface area contributed by atoms with E-state index in [-0.39, 0.29) is 12.1 Å². The summed E-state index contributed by atoms with van der Waals surface area (Å²) in [5.41, 5.74) is 6.22. The summed E-state index contributed by atoms with van der Waals surface area (Å²) in [7, 11) is 1.35. The van der Waals surface area contributed by atoms with Crippen LogP contribution in [-0.4, -0.2) is 47.8 Å². The zero-order valence-electron chi connectivity index (χ0n) is 24.0. The van der Waals surface area contributed by atoms with Crippen molar-refractivity contribution in [2.24, 2.45) is 0 Å². The maximum Gasteiger partial charge on any atom is 0.338 e. The quantitative estimate of drug-likeness (QED) is 0.222. The predicted octanol–water partition coefficient (Wildman–Crippen LogP) is 5.27. The van der Waals surface area contributed by atoms with E-state index in [4.69, 9.17) is 9.72 Å². The Morgan fingerprint density at radius 2 is 1.70 bits per heavy atom. The van der Waals surface area contributed by atoms with Crippen LogP contribution in [0.25, 0.3) is 33.5 Å². The number of nitrogens with zero attached hydrogens (tertiary/aromatic N) is 6. The number of aromatic amines is 1. The van der Waals surface area contributed by atoms with E-state index in [1.54, 1.807) is 22.9 Å². The Hall–Kier alpha value is -5.38. The van der Waals surface area contributed by atoms with Gasteiger partial charge in [-0.25, -0.2) is 14.9 Å². The number of rotatable bonds is 10. The zero-order chi connectivity index (χ0) is 29.8. The molecular weight excluding hydrogens is 542 g/mol. The number of fused-ring (bicyclic) bond motifs is 1. The first-order valence-electron chi connectivity index (χ1n) is 14.2. The molecule has 3 aromatic carbocycles. The van der Waals surface area contributed by atoms with Crippen LogP contribution in [0.2, 0.25) is 0 Å². The van der Waals surface area contributed by atoms with Crippen molar-refractivity contribution in [1.29, 1.82) is 0 Å². The molecule has 6 rings (SSSR count). The molecule has 0 atom stereocenters. The molecule has 0 amide bonds. The summed E-state index contributed by atoms with van der Waals surface area (Å²) >= 11 is 0. The number of carbonyl (C=O) groups is 1. The highest BCUT2D eigenvalue weighted by Gasteiger charge is 2.18. The minimum absolute atomic E-state index is 0.154. The van der Waals surface area contributed by atoms with Gasteiger partial charge in [-0.05, 0) is 51.2 Å². The molecule has 0 radical (unpaired) electrons. The zero-order valence-corrected chi connectivity index (χ0v) is 24.0. The lowest BCUT2D eigenvalue weighted by atomic mass is 9.98. The normalized spacial score (nSPS) is 11.2. The van der Waals surface area contributed by atoms with E-state index in [1.165, 1.54) is 7.11 Å². The molecule has 6 aromatic rings. The molecule has 0 fully saturated rings. The van der Waals surface area contributed by atoms with Gasteiger partial charge in [-0.3, -0.25) is 4.79 Å². The molecule has 43 heavy (non-hydrogen) atoms. The number of unbranched alkanes of at least 4 members (excludes halogenated alkanes) is 1. The van der Waals surface area contributed by atoms with Gasteiger partial charge in [0.2, 0.25) is 0 Å². The van der Waals surface area contributed by atoms with Gasteiger partial charge in [0.25, 0.3) is 5.56 Å². The average Bonchev–Trinajstić information content (AvgIpc) is 3.71. The third kappa shape index (κ3) is 5.59. The predicted molar refractivity (Wildman–Crippen MR) is 164 cm³/mol. The first-order chi connectivity index (χ1) is 21.1. The van der Waals surface area contributed by atoms with Crippen LogP contribution in [0, 0.1) is 0 Å². The number of hydrogen-bond donors (Lipinski definition) is 1. The number of pyridine rings is 1. The van der Waals surface area contributed by atoms with E-state index in [9.17, 15) is 9.59 Å². The fourth-order valence-corrected chi connectivity index (χ4v) is 5.38. The number of hydrogen-bond acceptors (Lipinski definition) is 7. The van der Waals surface area contributed by atoms with Gasteiger partial charge in [-0.1, -0.05) is 80.1 Å². The molecule has 0 unspecified atom stereocenters. The van der Waals surface area contributed by atoms with Gasteiger partial charge in [0.05, 0.1) is 24.7 Å². The average molecular weight is 574 g/mol. The van der Waals surface area contributed by atoms with E-state index in [2.05, 4.69) is 51.8 Å². The van der Waals surface area contributed by atoms with Gasteiger partial charge < -0.3 is 13.9 Å². The summed E-state index contributed by atoms with van der Waals surface area (Å²) in [4.78, 5) is 31.2. The highest BCUT2D eigenvalue weighted by Crippen LogP contribution is 2.30. The van der Waals surface area contributed by atoms with Crippen LogP contribution in [-0.2, 0) is 24.2 Å². The molecule has 10 heteroatoms. The maximum atomic E-state index is 13.9. The van der Waals surface area contributed by atoms with Crippen molar-refractivity contribution in [3.8, 4) is 22.5 Å². The van der Waals surface area contributed by atoms with Crippen molar-refractivity contribution in [2.75, 3.05) is 7.11 Å². The summed E-state index contributed by atoms with van der Waals surface area (Å²) in [5.74, 6) is 1.06. The molecule has 0 saturated carbocycles. The maximum absolute atomic E-state index is 13.9. The van der Waals surface area contributed by atoms with Crippen molar-refractivity contribution in [1.82, 2.24) is 34.7 Å². The Kier molecular flexibility index (Phi) is 7.90. The standard InChI is InChI=1S/C33H31N7O3/c1-3-4-13-29-34-28-18-19-39(21-24-9-5-6-11-26(24)33(42)43-2)32(41)30(28)40(29)20-22-14-16-23(17-15-22)25-10-7-8-12-27(25)31-35-37-38-36-31/h5-12,14-19H,3-4,13,20-21H2,1-2H3,(H,35,36,37,38). The third-order valence-corrected chi connectivity index (χ3v) is 7.60. The molecule has 0 bridgehead atoms. The molecule has 0 saturated heterocycles. The van der Waals surface area contributed by atoms with Crippen LogP contribution in [0.4, 0.5) is 0 Å². The topological polar surface area (TPSA) is 121 Å². The number of aryl methyl sites for hydroxylation is 1. The first kappa shape index (κ1) is 27.8. The summed E-state index contributed by atoms with van der Waals surface area (Å²) < 4.78 is 8.62. The molecule has 0 aliphatic heterocycles. The second-order valence-corrected chi connectivity index (χ2v) is 10.3. The number of H-pyrrole nitrogens is 1. The SMILES string of the molecule is CCCCc1nc2ccn(Cc3ccccc3C(=O)OC)c(=O)c2n1Cc1ccc(-c2ccccc2-c2nnn[nH]2)cc1. The third-order valence-electron chi connectivity index (χ3n) is 7.60. The lowest BCUT2D eigenvalue weighted by Crippen LogP contribution is -2.23. The Balaban J connectivity index is 1.36. The molecule has 3 heterocycles. The van der Waals surface area contributed by atoms with Gasteiger partial charge in [-0.15, -0.1) is 5.10 Å². The van der Waals surface area contributed by atoms with Gasteiger partial charge in [0.1, 0.15) is 11.3 Å². The number of aromatic nitrogens is 7. The van der Waals surface area contributed by atoms with Crippen molar-refractivity contribution in [3.63, 3.8) is 0 Å². The number of methoxy groups -OCH3 is 1. The number of ether oxygens (including phenoxy) is 1. The second kappa shape index (κ2) is 12.2. The molecule has 0 aliphatic carbocycles. The summed E-state index contributed by atoms with van der Waals surface area (Å²) in [5, 5.41) is 14.4. The molecule has 3 aromatic heterocycles. The van der Waals surface area contributed by atoms with Crippen LogP contribution in [0.3, 0.4) is 0 Å². The molecule has 216 valence electrons. The van der Waals surface area contributed by atoms with E-state index >= 15 is 0 Å². The monoisotopic (exact) mass is 573 g/mol. The summed E-state index contributed by atoms with van der Waals surface area (Å²) in [6, 6.07) is 25.3.